The standard InChI is InChI=1S/C15H16BrNO3/c1-17(6-5-12(18)19)15(20)14-10-7-9-8(13(10)14)3-2-4-11(9)16/h2-4,10,13-14H,5-7H2,1H3,(H,18,19). The van der Waals surface area contributed by atoms with Crippen LogP contribution in [0.5, 0.6) is 0 Å². The molecule has 4 nitrogen and oxygen atoms in total. The van der Waals surface area contributed by atoms with E-state index in [1.165, 1.54) is 11.1 Å². The zero-order chi connectivity index (χ0) is 14.4. The summed E-state index contributed by atoms with van der Waals surface area (Å²) in [4.78, 5) is 24.5. The first-order valence-corrected chi connectivity index (χ1v) is 7.54. The van der Waals surface area contributed by atoms with Gasteiger partial charge in [0.25, 0.3) is 0 Å². The Morgan fingerprint density at radius 1 is 1.45 bits per heavy atom. The zero-order valence-electron chi connectivity index (χ0n) is 11.2. The van der Waals surface area contributed by atoms with Crippen molar-refractivity contribution in [2.45, 2.75) is 18.8 Å². The summed E-state index contributed by atoms with van der Waals surface area (Å²) in [6.07, 6.45) is 0.955. The lowest BCUT2D eigenvalue weighted by molar-refractivity contribution is -0.138. The molecule has 5 heteroatoms. The Morgan fingerprint density at radius 2 is 2.20 bits per heavy atom. The van der Waals surface area contributed by atoms with Crippen molar-refractivity contribution in [2.24, 2.45) is 11.8 Å². The molecule has 0 heterocycles. The van der Waals surface area contributed by atoms with Gasteiger partial charge in [0.1, 0.15) is 0 Å². The second kappa shape index (κ2) is 4.88. The van der Waals surface area contributed by atoms with E-state index in [4.69, 9.17) is 5.11 Å². The fraction of sp³-hybridized carbons (Fsp3) is 0.467. The average molecular weight is 338 g/mol. The minimum atomic E-state index is -0.866. The van der Waals surface area contributed by atoms with Crippen LogP contribution in [0.25, 0.3) is 0 Å². The Kier molecular flexibility index (Phi) is 3.32. The van der Waals surface area contributed by atoms with Gasteiger partial charge in [-0.15, -0.1) is 0 Å². The predicted octanol–water partition coefficient (Wildman–Crippen LogP) is 2.27. The van der Waals surface area contributed by atoms with Crippen molar-refractivity contribution in [3.8, 4) is 0 Å². The molecule has 0 aromatic heterocycles. The van der Waals surface area contributed by atoms with E-state index in [1.807, 2.05) is 12.1 Å². The SMILES string of the molecule is CN(CCC(=O)O)C(=O)C1C2Cc3c(Br)cccc3C21. The minimum Gasteiger partial charge on any atom is -0.481 e. The maximum absolute atomic E-state index is 12.3. The third-order valence-electron chi connectivity index (χ3n) is 4.45. The largest absolute Gasteiger partial charge is 0.481 e. The third kappa shape index (κ3) is 2.14. The second-order valence-electron chi connectivity index (χ2n) is 5.63. The number of hydrogen-bond acceptors (Lipinski definition) is 2. The van der Waals surface area contributed by atoms with Crippen LogP contribution in [0.2, 0.25) is 0 Å². The molecule has 2 aliphatic rings. The van der Waals surface area contributed by atoms with Crippen molar-refractivity contribution >= 4 is 27.8 Å². The maximum Gasteiger partial charge on any atom is 0.305 e. The molecule has 0 radical (unpaired) electrons. The highest BCUT2D eigenvalue weighted by atomic mass is 79.9. The summed E-state index contributed by atoms with van der Waals surface area (Å²) < 4.78 is 1.13. The lowest BCUT2D eigenvalue weighted by atomic mass is 10.0. The maximum atomic E-state index is 12.3. The molecular formula is C15H16BrNO3. The van der Waals surface area contributed by atoms with E-state index in [2.05, 4.69) is 22.0 Å². The molecule has 20 heavy (non-hydrogen) atoms. The number of fused-ring (bicyclic) bond motifs is 3. The van der Waals surface area contributed by atoms with Gasteiger partial charge >= 0.3 is 5.97 Å². The highest BCUT2D eigenvalue weighted by Gasteiger charge is 2.60. The predicted molar refractivity (Wildman–Crippen MR) is 77.5 cm³/mol. The molecule has 3 atom stereocenters. The molecular weight excluding hydrogens is 322 g/mol. The number of amides is 1. The highest BCUT2D eigenvalue weighted by molar-refractivity contribution is 9.10. The minimum absolute atomic E-state index is 0.00638. The summed E-state index contributed by atoms with van der Waals surface area (Å²) in [5, 5.41) is 8.68. The number of carboxylic acid groups (broad SMARTS) is 1. The molecule has 1 N–H and O–H groups in total. The first-order chi connectivity index (χ1) is 9.50. The summed E-state index contributed by atoms with van der Waals surface area (Å²) >= 11 is 3.56. The summed E-state index contributed by atoms with van der Waals surface area (Å²) in [6.45, 7) is 0.287. The van der Waals surface area contributed by atoms with Crippen LogP contribution in [0.15, 0.2) is 22.7 Å². The van der Waals surface area contributed by atoms with E-state index < -0.39 is 5.97 Å². The topological polar surface area (TPSA) is 57.6 Å². The number of nitrogens with zero attached hydrogens (tertiary/aromatic N) is 1. The van der Waals surface area contributed by atoms with Gasteiger partial charge in [0.15, 0.2) is 0 Å². The molecule has 1 aromatic rings. The van der Waals surface area contributed by atoms with Crippen LogP contribution in [0.4, 0.5) is 0 Å². The molecule has 3 unspecified atom stereocenters. The number of carbonyl (C=O) groups excluding carboxylic acids is 1. The first kappa shape index (κ1) is 13.6. The van der Waals surface area contributed by atoms with Crippen molar-refractivity contribution in [3.63, 3.8) is 0 Å². The molecule has 0 spiro atoms. The smallest absolute Gasteiger partial charge is 0.305 e. The van der Waals surface area contributed by atoms with Gasteiger partial charge in [-0.3, -0.25) is 9.59 Å². The number of carbonyl (C=O) groups is 2. The Labute approximate surface area is 125 Å². The van der Waals surface area contributed by atoms with Crippen LogP contribution in [0.1, 0.15) is 23.5 Å². The van der Waals surface area contributed by atoms with Gasteiger partial charge in [-0.05, 0) is 35.4 Å². The van der Waals surface area contributed by atoms with E-state index in [1.54, 1.807) is 11.9 Å². The molecule has 1 fully saturated rings. The van der Waals surface area contributed by atoms with Crippen molar-refractivity contribution < 1.29 is 14.7 Å². The molecule has 3 rings (SSSR count). The number of aliphatic carboxylic acids is 1. The van der Waals surface area contributed by atoms with Gasteiger partial charge in [0.2, 0.25) is 5.91 Å². The van der Waals surface area contributed by atoms with Crippen LogP contribution in [-0.4, -0.2) is 35.5 Å². The molecule has 2 aliphatic carbocycles. The Morgan fingerprint density at radius 3 is 2.90 bits per heavy atom. The Bertz CT molecular complexity index is 586. The highest BCUT2D eigenvalue weighted by Crippen LogP contribution is 2.62. The first-order valence-electron chi connectivity index (χ1n) is 6.74. The number of benzene rings is 1. The number of rotatable bonds is 4. The zero-order valence-corrected chi connectivity index (χ0v) is 12.8. The van der Waals surface area contributed by atoms with Crippen LogP contribution >= 0.6 is 15.9 Å². The number of hydrogen-bond donors (Lipinski definition) is 1. The van der Waals surface area contributed by atoms with Gasteiger partial charge < -0.3 is 10.0 Å². The van der Waals surface area contributed by atoms with Crippen LogP contribution in [-0.2, 0) is 16.0 Å². The lowest BCUT2D eigenvalue weighted by Gasteiger charge is -2.18. The van der Waals surface area contributed by atoms with E-state index >= 15 is 0 Å². The summed E-state index contributed by atoms with van der Waals surface area (Å²) in [7, 11) is 1.70. The normalized spacial score (nSPS) is 25.8. The molecule has 1 aromatic carbocycles. The van der Waals surface area contributed by atoms with E-state index in [9.17, 15) is 9.59 Å². The van der Waals surface area contributed by atoms with Gasteiger partial charge in [-0.1, -0.05) is 28.1 Å². The van der Waals surface area contributed by atoms with Gasteiger partial charge in [-0.2, -0.15) is 0 Å². The Balaban J connectivity index is 1.68. The van der Waals surface area contributed by atoms with E-state index in [0.717, 1.165) is 10.9 Å². The van der Waals surface area contributed by atoms with Crippen molar-refractivity contribution in [1.29, 1.82) is 0 Å². The second-order valence-corrected chi connectivity index (χ2v) is 6.49. The molecule has 106 valence electrons. The van der Waals surface area contributed by atoms with Crippen molar-refractivity contribution in [2.75, 3.05) is 13.6 Å². The monoisotopic (exact) mass is 337 g/mol. The van der Waals surface area contributed by atoms with Gasteiger partial charge in [-0.25, -0.2) is 0 Å². The van der Waals surface area contributed by atoms with Crippen molar-refractivity contribution in [1.82, 2.24) is 4.90 Å². The average Bonchev–Trinajstić information content (AvgIpc) is 2.99. The molecule has 0 saturated heterocycles. The van der Waals surface area contributed by atoms with Crippen molar-refractivity contribution in [3.05, 3.63) is 33.8 Å². The number of halogens is 1. The van der Waals surface area contributed by atoms with Crippen LogP contribution in [0.3, 0.4) is 0 Å². The molecule has 1 saturated carbocycles. The number of carboxylic acids is 1. The molecule has 0 aliphatic heterocycles. The Hall–Kier alpha value is -1.36. The molecule has 1 amide bonds. The summed E-state index contributed by atoms with van der Waals surface area (Å²) in [5.41, 5.74) is 2.62. The van der Waals surface area contributed by atoms with Gasteiger partial charge in [0, 0.05) is 24.0 Å². The van der Waals surface area contributed by atoms with Crippen LogP contribution in [0, 0.1) is 11.8 Å². The third-order valence-corrected chi connectivity index (χ3v) is 5.19. The summed E-state index contributed by atoms with van der Waals surface area (Å²) in [5.74, 6) is 0.0168. The quantitative estimate of drug-likeness (QED) is 0.916. The fourth-order valence-electron chi connectivity index (χ4n) is 3.36. The lowest BCUT2D eigenvalue weighted by Crippen LogP contribution is -2.31. The fourth-order valence-corrected chi connectivity index (χ4v) is 3.90. The molecule has 0 bridgehead atoms. The van der Waals surface area contributed by atoms with E-state index in [0.29, 0.717) is 11.8 Å². The summed E-state index contributed by atoms with van der Waals surface area (Å²) in [6, 6.07) is 6.16. The van der Waals surface area contributed by atoms with Gasteiger partial charge in [0.05, 0.1) is 6.42 Å². The van der Waals surface area contributed by atoms with Crippen LogP contribution < -0.4 is 0 Å². The van der Waals surface area contributed by atoms with E-state index in [-0.39, 0.29) is 24.8 Å².